The maximum Gasteiger partial charge on any atom is 0.265 e. The number of sulfonamides is 1. The highest BCUT2D eigenvalue weighted by Gasteiger charge is 2.18. The Hall–Kier alpha value is -3.59. The third-order valence-corrected chi connectivity index (χ3v) is 5.66. The number of nitrogens with one attached hydrogen (secondary N) is 2. The normalized spacial score (nSPS) is 12.0. The SMILES string of the molecule is COc1cccc(O[C@@H](C)C(=O)Nc2ccc(S(=O)(=O)Nc3ccccc3F)cc2)c1. The summed E-state index contributed by atoms with van der Waals surface area (Å²) in [5.41, 5.74) is 0.235. The molecule has 0 saturated carbocycles. The van der Waals surface area contributed by atoms with Crippen molar-refractivity contribution < 1.29 is 27.1 Å². The van der Waals surface area contributed by atoms with E-state index in [9.17, 15) is 17.6 Å². The summed E-state index contributed by atoms with van der Waals surface area (Å²) in [6, 6.07) is 17.8. The minimum atomic E-state index is -3.98. The molecule has 0 unspecified atom stereocenters. The van der Waals surface area contributed by atoms with Crippen molar-refractivity contribution in [2.75, 3.05) is 17.1 Å². The first-order chi connectivity index (χ1) is 14.8. The van der Waals surface area contributed by atoms with Crippen LogP contribution in [0.4, 0.5) is 15.8 Å². The molecule has 0 aliphatic heterocycles. The molecule has 0 fully saturated rings. The molecule has 0 aromatic heterocycles. The molecule has 7 nitrogen and oxygen atoms in total. The number of anilines is 2. The van der Waals surface area contributed by atoms with Crippen LogP contribution < -0.4 is 19.5 Å². The number of amides is 1. The van der Waals surface area contributed by atoms with Crippen molar-refractivity contribution in [2.45, 2.75) is 17.9 Å². The maximum atomic E-state index is 13.7. The topological polar surface area (TPSA) is 93.7 Å². The molecule has 0 heterocycles. The number of carbonyl (C=O) groups is 1. The van der Waals surface area contributed by atoms with Crippen LogP contribution in [-0.4, -0.2) is 27.5 Å². The van der Waals surface area contributed by atoms with Crippen molar-refractivity contribution in [1.29, 1.82) is 0 Å². The van der Waals surface area contributed by atoms with Gasteiger partial charge in [0.25, 0.3) is 15.9 Å². The number of rotatable bonds is 8. The van der Waals surface area contributed by atoms with Crippen molar-refractivity contribution in [3.05, 3.63) is 78.6 Å². The summed E-state index contributed by atoms with van der Waals surface area (Å²) in [5.74, 6) is -0.0172. The molecule has 31 heavy (non-hydrogen) atoms. The van der Waals surface area contributed by atoms with Crippen LogP contribution in [0.25, 0.3) is 0 Å². The first kappa shape index (κ1) is 22.1. The van der Waals surface area contributed by atoms with Crippen molar-refractivity contribution in [2.24, 2.45) is 0 Å². The highest BCUT2D eigenvalue weighted by atomic mass is 32.2. The summed E-state index contributed by atoms with van der Waals surface area (Å²) in [6.07, 6.45) is -0.807. The van der Waals surface area contributed by atoms with Crippen molar-refractivity contribution in [3.63, 3.8) is 0 Å². The minimum Gasteiger partial charge on any atom is -0.497 e. The summed E-state index contributed by atoms with van der Waals surface area (Å²) in [6.45, 7) is 1.59. The van der Waals surface area contributed by atoms with Crippen LogP contribution in [0.2, 0.25) is 0 Å². The van der Waals surface area contributed by atoms with Crippen LogP contribution in [0.1, 0.15) is 6.92 Å². The zero-order valence-electron chi connectivity index (χ0n) is 16.8. The third kappa shape index (κ3) is 5.73. The molecule has 0 spiro atoms. The number of carbonyl (C=O) groups excluding carboxylic acids is 1. The van der Waals surface area contributed by atoms with E-state index in [2.05, 4.69) is 10.0 Å². The van der Waals surface area contributed by atoms with E-state index in [1.807, 2.05) is 0 Å². The number of hydrogen-bond donors (Lipinski definition) is 2. The smallest absolute Gasteiger partial charge is 0.265 e. The fourth-order valence-electron chi connectivity index (χ4n) is 2.64. The largest absolute Gasteiger partial charge is 0.497 e. The maximum absolute atomic E-state index is 13.7. The molecule has 0 radical (unpaired) electrons. The Bertz CT molecular complexity index is 1170. The van der Waals surface area contributed by atoms with Gasteiger partial charge in [-0.25, -0.2) is 12.8 Å². The van der Waals surface area contributed by atoms with Crippen molar-refractivity contribution >= 4 is 27.3 Å². The fraction of sp³-hybridized carbons (Fsp3) is 0.136. The van der Waals surface area contributed by atoms with E-state index < -0.39 is 27.9 Å². The predicted octanol–water partition coefficient (Wildman–Crippen LogP) is 4.04. The highest BCUT2D eigenvalue weighted by molar-refractivity contribution is 7.92. The molecule has 0 bridgehead atoms. The molecule has 0 aliphatic rings. The molecule has 0 saturated heterocycles. The monoisotopic (exact) mass is 444 g/mol. The van der Waals surface area contributed by atoms with Gasteiger partial charge < -0.3 is 14.8 Å². The predicted molar refractivity (Wildman–Crippen MR) is 115 cm³/mol. The summed E-state index contributed by atoms with van der Waals surface area (Å²) >= 11 is 0. The van der Waals surface area contributed by atoms with Gasteiger partial charge in [0.2, 0.25) is 0 Å². The van der Waals surface area contributed by atoms with Gasteiger partial charge in [-0.1, -0.05) is 18.2 Å². The molecular formula is C22H21FN2O5S. The van der Waals surface area contributed by atoms with E-state index in [-0.39, 0.29) is 10.6 Å². The lowest BCUT2D eigenvalue weighted by molar-refractivity contribution is -0.122. The molecule has 3 rings (SSSR count). The van der Waals surface area contributed by atoms with Crippen molar-refractivity contribution in [1.82, 2.24) is 0 Å². The van der Waals surface area contributed by atoms with Gasteiger partial charge in [-0.2, -0.15) is 0 Å². The molecule has 3 aromatic rings. The third-order valence-electron chi connectivity index (χ3n) is 4.27. The quantitative estimate of drug-likeness (QED) is 0.547. The van der Waals surface area contributed by atoms with E-state index in [1.54, 1.807) is 31.2 Å². The van der Waals surface area contributed by atoms with E-state index in [0.29, 0.717) is 17.2 Å². The van der Waals surface area contributed by atoms with E-state index in [1.165, 1.54) is 49.6 Å². The Balaban J connectivity index is 1.64. The van der Waals surface area contributed by atoms with Gasteiger partial charge in [0, 0.05) is 11.8 Å². The van der Waals surface area contributed by atoms with E-state index >= 15 is 0 Å². The number of hydrogen-bond acceptors (Lipinski definition) is 5. The zero-order valence-corrected chi connectivity index (χ0v) is 17.6. The lowest BCUT2D eigenvalue weighted by Crippen LogP contribution is -2.30. The molecule has 3 aromatic carbocycles. The Morgan fingerprint density at radius 3 is 2.32 bits per heavy atom. The summed E-state index contributed by atoms with van der Waals surface area (Å²) in [7, 11) is -2.45. The Kier molecular flexibility index (Phi) is 6.76. The van der Waals surface area contributed by atoms with Gasteiger partial charge >= 0.3 is 0 Å². The van der Waals surface area contributed by atoms with Crippen LogP contribution in [0.3, 0.4) is 0 Å². The van der Waals surface area contributed by atoms with Gasteiger partial charge in [0.15, 0.2) is 6.10 Å². The second kappa shape index (κ2) is 9.48. The van der Waals surface area contributed by atoms with Crippen LogP contribution in [0.15, 0.2) is 77.7 Å². The van der Waals surface area contributed by atoms with Gasteiger partial charge in [-0.05, 0) is 55.5 Å². The molecule has 1 amide bonds. The van der Waals surface area contributed by atoms with Gasteiger partial charge in [-0.15, -0.1) is 0 Å². The lowest BCUT2D eigenvalue weighted by Gasteiger charge is -2.15. The number of methoxy groups -OCH3 is 1. The Morgan fingerprint density at radius 2 is 1.65 bits per heavy atom. The second-order valence-electron chi connectivity index (χ2n) is 6.54. The molecule has 162 valence electrons. The zero-order chi connectivity index (χ0) is 22.4. The first-order valence-corrected chi connectivity index (χ1v) is 10.8. The molecule has 1 atom stereocenters. The molecule has 2 N–H and O–H groups in total. The molecular weight excluding hydrogens is 423 g/mol. The van der Waals surface area contributed by atoms with Gasteiger partial charge in [0.05, 0.1) is 17.7 Å². The minimum absolute atomic E-state index is 0.0746. The molecule has 9 heteroatoms. The first-order valence-electron chi connectivity index (χ1n) is 9.27. The van der Waals surface area contributed by atoms with Crippen molar-refractivity contribution in [3.8, 4) is 11.5 Å². The van der Waals surface area contributed by atoms with Gasteiger partial charge in [0.1, 0.15) is 17.3 Å². The summed E-state index contributed by atoms with van der Waals surface area (Å²) < 4.78 is 51.6. The van der Waals surface area contributed by atoms with Crippen LogP contribution in [-0.2, 0) is 14.8 Å². The van der Waals surface area contributed by atoms with Crippen LogP contribution in [0.5, 0.6) is 11.5 Å². The van der Waals surface area contributed by atoms with Crippen LogP contribution in [0, 0.1) is 5.82 Å². The number of ether oxygens (including phenoxy) is 2. The highest BCUT2D eigenvalue weighted by Crippen LogP contribution is 2.22. The summed E-state index contributed by atoms with van der Waals surface area (Å²) in [4.78, 5) is 12.3. The standard InChI is InChI=1S/C22H21FN2O5S/c1-15(30-18-7-5-6-17(14-18)29-2)22(26)24-16-10-12-19(13-11-16)31(27,28)25-21-9-4-3-8-20(21)23/h3-15,25H,1-2H3,(H,24,26)/t15-/m0/s1. The van der Waals surface area contributed by atoms with E-state index in [0.717, 1.165) is 6.07 Å². The van der Waals surface area contributed by atoms with Crippen LogP contribution >= 0.6 is 0 Å². The van der Waals surface area contributed by atoms with Gasteiger partial charge in [-0.3, -0.25) is 9.52 Å². The number of benzene rings is 3. The fourth-order valence-corrected chi connectivity index (χ4v) is 3.71. The lowest BCUT2D eigenvalue weighted by atomic mass is 10.3. The number of para-hydroxylation sites is 1. The van der Waals surface area contributed by atoms with E-state index in [4.69, 9.17) is 9.47 Å². The average Bonchev–Trinajstić information content (AvgIpc) is 2.75. The Morgan fingerprint density at radius 1 is 0.968 bits per heavy atom. The number of halogens is 1. The Labute approximate surface area is 179 Å². The second-order valence-corrected chi connectivity index (χ2v) is 8.22. The summed E-state index contributed by atoms with van der Waals surface area (Å²) in [5, 5.41) is 2.66. The average molecular weight is 444 g/mol. The molecule has 0 aliphatic carbocycles.